The van der Waals surface area contributed by atoms with Crippen molar-refractivity contribution in [1.29, 1.82) is 0 Å². The average molecular weight is 697 g/mol. The molecule has 0 atom stereocenters. The monoisotopic (exact) mass is 694 g/mol. The van der Waals surface area contributed by atoms with Gasteiger partial charge in [-0.05, 0) is 71.4 Å². The summed E-state index contributed by atoms with van der Waals surface area (Å²) in [6.07, 6.45) is 1.98. The molecular formula is C27H22Br2Cl2N4O4. The van der Waals surface area contributed by atoms with Gasteiger partial charge in [-0.25, -0.2) is 4.98 Å². The Morgan fingerprint density at radius 2 is 1.85 bits per heavy atom. The molecule has 3 aromatic carbocycles. The fraction of sp³-hybridized carbons (Fsp3) is 0.185. The van der Waals surface area contributed by atoms with Crippen LogP contribution in [0, 0.1) is 0 Å². The number of rotatable bonds is 9. The molecule has 0 saturated heterocycles. The number of fused-ring (bicyclic) bond motifs is 1. The lowest BCUT2D eigenvalue weighted by Crippen LogP contribution is -2.22. The number of nitrogens with one attached hydrogen (secondary N) is 1. The summed E-state index contributed by atoms with van der Waals surface area (Å²) in [7, 11) is 0. The van der Waals surface area contributed by atoms with Crippen LogP contribution in [0.3, 0.4) is 0 Å². The summed E-state index contributed by atoms with van der Waals surface area (Å²) >= 11 is 19.4. The molecule has 39 heavy (non-hydrogen) atoms. The average Bonchev–Trinajstić information content (AvgIpc) is 2.92. The molecule has 1 amide bonds. The molecule has 1 aromatic heterocycles. The molecule has 1 N–H and O–H groups in total. The van der Waals surface area contributed by atoms with Gasteiger partial charge in [-0.3, -0.25) is 9.59 Å². The van der Waals surface area contributed by atoms with Crippen LogP contribution < -0.4 is 20.3 Å². The van der Waals surface area contributed by atoms with Gasteiger partial charge in [-0.2, -0.15) is 9.78 Å². The van der Waals surface area contributed by atoms with Crippen molar-refractivity contribution in [1.82, 2.24) is 9.66 Å². The van der Waals surface area contributed by atoms with Crippen LogP contribution in [0.4, 0.5) is 5.69 Å². The zero-order valence-corrected chi connectivity index (χ0v) is 25.5. The molecule has 0 saturated carbocycles. The van der Waals surface area contributed by atoms with Crippen molar-refractivity contribution in [3.63, 3.8) is 0 Å². The predicted molar refractivity (Wildman–Crippen MR) is 162 cm³/mol. The molecule has 8 nitrogen and oxygen atoms in total. The third kappa shape index (κ3) is 6.81. The quantitative estimate of drug-likeness (QED) is 0.189. The molecule has 202 valence electrons. The van der Waals surface area contributed by atoms with Crippen molar-refractivity contribution in [3.8, 4) is 11.5 Å². The van der Waals surface area contributed by atoms with Gasteiger partial charge in [0.1, 0.15) is 10.8 Å². The first kappa shape index (κ1) is 29.1. The van der Waals surface area contributed by atoms with Crippen LogP contribution in [0.25, 0.3) is 10.9 Å². The Kier molecular flexibility index (Phi) is 9.66. The van der Waals surface area contributed by atoms with E-state index in [1.807, 2.05) is 19.9 Å². The second kappa shape index (κ2) is 13.0. The van der Waals surface area contributed by atoms with Crippen LogP contribution in [-0.4, -0.2) is 35.0 Å². The topological polar surface area (TPSA) is 94.8 Å². The Labute approximate surface area is 251 Å². The number of benzene rings is 3. The predicted octanol–water partition coefficient (Wildman–Crippen LogP) is 7.09. The lowest BCUT2D eigenvalue weighted by molar-refractivity contribution is -0.118. The Hall–Kier alpha value is -2.92. The summed E-state index contributed by atoms with van der Waals surface area (Å²) in [6.45, 7) is 3.72. The molecule has 0 unspecified atom stereocenters. The number of carbonyl (C=O) groups excluding carboxylic acids is 1. The smallest absolute Gasteiger partial charge is 0.282 e. The van der Waals surface area contributed by atoms with Gasteiger partial charge >= 0.3 is 0 Å². The van der Waals surface area contributed by atoms with E-state index in [-0.39, 0.29) is 28.8 Å². The highest BCUT2D eigenvalue weighted by atomic mass is 79.9. The van der Waals surface area contributed by atoms with E-state index in [9.17, 15) is 9.59 Å². The van der Waals surface area contributed by atoms with Crippen molar-refractivity contribution in [2.45, 2.75) is 20.3 Å². The molecule has 0 spiro atoms. The maximum atomic E-state index is 13.2. The first-order valence-electron chi connectivity index (χ1n) is 11.8. The Balaban J connectivity index is 1.63. The van der Waals surface area contributed by atoms with Gasteiger partial charge in [0.05, 0.1) is 23.7 Å². The standard InChI is InChI=1S/C27H22Br2Cl2N4O4/c1-3-22-34-20-10-5-16(28)12-19(20)27(37)35(22)32-13-15-11-21(38-4-2)26(25(31)24(15)29)39-14-23(36)33-18-8-6-17(30)7-9-18/h5-13H,3-4,14H2,1-2H3,(H,33,36). The van der Waals surface area contributed by atoms with Gasteiger partial charge in [0.25, 0.3) is 11.5 Å². The number of nitrogens with zero attached hydrogens (tertiary/aromatic N) is 3. The second-order valence-electron chi connectivity index (χ2n) is 8.10. The Morgan fingerprint density at radius 3 is 2.54 bits per heavy atom. The first-order chi connectivity index (χ1) is 18.7. The maximum absolute atomic E-state index is 13.2. The van der Waals surface area contributed by atoms with Crippen molar-refractivity contribution in [2.24, 2.45) is 5.10 Å². The fourth-order valence-corrected chi connectivity index (χ4v) is 4.77. The number of carbonyl (C=O) groups is 1. The number of hydrogen-bond donors (Lipinski definition) is 1. The summed E-state index contributed by atoms with van der Waals surface area (Å²) in [5.74, 6) is 0.622. The van der Waals surface area contributed by atoms with Gasteiger partial charge in [0.15, 0.2) is 18.1 Å². The zero-order valence-electron chi connectivity index (χ0n) is 20.8. The lowest BCUT2D eigenvalue weighted by Gasteiger charge is -2.16. The number of amides is 1. The zero-order chi connectivity index (χ0) is 28.1. The maximum Gasteiger partial charge on any atom is 0.282 e. The fourth-order valence-electron chi connectivity index (χ4n) is 3.63. The highest BCUT2D eigenvalue weighted by Gasteiger charge is 2.19. The highest BCUT2D eigenvalue weighted by Crippen LogP contribution is 2.42. The number of aromatic nitrogens is 2. The first-order valence-corrected chi connectivity index (χ1v) is 14.1. The lowest BCUT2D eigenvalue weighted by atomic mass is 10.2. The van der Waals surface area contributed by atoms with Gasteiger partial charge in [0.2, 0.25) is 0 Å². The van der Waals surface area contributed by atoms with Gasteiger partial charge < -0.3 is 14.8 Å². The highest BCUT2D eigenvalue weighted by molar-refractivity contribution is 9.10. The minimum Gasteiger partial charge on any atom is -0.490 e. The van der Waals surface area contributed by atoms with Crippen molar-refractivity contribution >= 4 is 83.8 Å². The number of ether oxygens (including phenoxy) is 2. The number of hydrogen-bond acceptors (Lipinski definition) is 6. The molecule has 0 aliphatic carbocycles. The van der Waals surface area contributed by atoms with Crippen LogP contribution >= 0.6 is 55.1 Å². The molecule has 0 bridgehead atoms. The number of anilines is 1. The van der Waals surface area contributed by atoms with E-state index in [1.54, 1.807) is 42.5 Å². The van der Waals surface area contributed by atoms with Crippen LogP contribution in [-0.2, 0) is 11.2 Å². The summed E-state index contributed by atoms with van der Waals surface area (Å²) in [6, 6.07) is 13.7. The van der Waals surface area contributed by atoms with Crippen molar-refractivity contribution < 1.29 is 14.3 Å². The molecule has 0 fully saturated rings. The van der Waals surface area contributed by atoms with E-state index in [0.717, 1.165) is 4.47 Å². The van der Waals surface area contributed by atoms with E-state index in [2.05, 4.69) is 47.3 Å². The molecule has 0 aliphatic rings. The van der Waals surface area contributed by atoms with Gasteiger partial charge in [0, 0.05) is 31.6 Å². The van der Waals surface area contributed by atoms with Crippen molar-refractivity contribution in [3.05, 3.63) is 89.3 Å². The molecule has 1 heterocycles. The minimum absolute atomic E-state index is 0.185. The third-order valence-electron chi connectivity index (χ3n) is 5.44. The number of aryl methyl sites for hydroxylation is 1. The minimum atomic E-state index is -0.389. The molecule has 4 aromatic rings. The largest absolute Gasteiger partial charge is 0.490 e. The summed E-state index contributed by atoms with van der Waals surface area (Å²) in [4.78, 5) is 30.2. The van der Waals surface area contributed by atoms with E-state index >= 15 is 0 Å². The third-order valence-corrected chi connectivity index (χ3v) is 7.62. The van der Waals surface area contributed by atoms with E-state index < -0.39 is 0 Å². The SMILES string of the molecule is CCOc1cc(C=Nn2c(CC)nc3ccc(Br)cc3c2=O)c(Br)c(Cl)c1OCC(=O)Nc1ccc(Cl)cc1. The van der Waals surface area contributed by atoms with Crippen LogP contribution in [0.5, 0.6) is 11.5 Å². The van der Waals surface area contributed by atoms with Crippen LogP contribution in [0.15, 0.2) is 67.4 Å². The molecule has 0 radical (unpaired) electrons. The molecule has 12 heteroatoms. The van der Waals surface area contributed by atoms with Gasteiger partial charge in [-0.1, -0.05) is 46.1 Å². The van der Waals surface area contributed by atoms with E-state index in [0.29, 0.717) is 56.3 Å². The van der Waals surface area contributed by atoms with Crippen LogP contribution in [0.2, 0.25) is 10.0 Å². The molecule has 4 rings (SSSR count). The normalized spacial score (nSPS) is 11.2. The Morgan fingerprint density at radius 1 is 1.10 bits per heavy atom. The van der Waals surface area contributed by atoms with E-state index in [1.165, 1.54) is 10.9 Å². The summed E-state index contributed by atoms with van der Waals surface area (Å²) in [5, 5.41) is 8.34. The summed E-state index contributed by atoms with van der Waals surface area (Å²) < 4.78 is 14.0. The molecular weight excluding hydrogens is 675 g/mol. The molecule has 0 aliphatic heterocycles. The Bertz CT molecular complexity index is 1630. The van der Waals surface area contributed by atoms with E-state index in [4.69, 9.17) is 32.7 Å². The second-order valence-corrected chi connectivity index (χ2v) is 10.6. The number of halogens is 4. The van der Waals surface area contributed by atoms with Crippen LogP contribution in [0.1, 0.15) is 25.2 Å². The van der Waals surface area contributed by atoms with Gasteiger partial charge in [-0.15, -0.1) is 0 Å². The van der Waals surface area contributed by atoms with Crippen molar-refractivity contribution in [2.75, 3.05) is 18.5 Å². The summed E-state index contributed by atoms with van der Waals surface area (Å²) in [5.41, 5.74) is 1.41.